The van der Waals surface area contributed by atoms with Crippen molar-refractivity contribution in [3.8, 4) is 0 Å². The third kappa shape index (κ3) is 1.73. The summed E-state index contributed by atoms with van der Waals surface area (Å²) in [5.41, 5.74) is 0.390. The van der Waals surface area contributed by atoms with Crippen LogP contribution in [0.5, 0.6) is 0 Å². The Kier molecular flexibility index (Phi) is 3.11. The second-order valence-corrected chi connectivity index (χ2v) is 5.79. The minimum absolute atomic E-state index is 0.317. The number of amides is 1. The van der Waals surface area contributed by atoms with Crippen molar-refractivity contribution in [2.24, 2.45) is 0 Å². The minimum Gasteiger partial charge on any atom is -0.468 e. The first-order valence-electron chi connectivity index (χ1n) is 6.65. The summed E-state index contributed by atoms with van der Waals surface area (Å²) in [6.07, 6.45) is 0. The first-order chi connectivity index (χ1) is 10.3. The molecule has 1 atom stereocenters. The second-order valence-electron chi connectivity index (χ2n) is 5.43. The summed E-state index contributed by atoms with van der Waals surface area (Å²) in [4.78, 5) is 34.7. The molecule has 0 fully saturated rings. The molecule has 0 aliphatic carbocycles. The molecule has 7 heteroatoms. The highest BCUT2D eigenvalue weighted by atomic mass is 35.5. The molecule has 1 aliphatic rings. The molecule has 1 amide bonds. The molecular formula is C15H14ClN3O3. The van der Waals surface area contributed by atoms with Gasteiger partial charge in [-0.15, -0.1) is 0 Å². The average molecular weight is 320 g/mol. The van der Waals surface area contributed by atoms with Crippen molar-refractivity contribution in [1.82, 2.24) is 9.97 Å². The van der Waals surface area contributed by atoms with Crippen LogP contribution in [0.1, 0.15) is 18.3 Å². The van der Waals surface area contributed by atoms with Gasteiger partial charge in [0, 0.05) is 23.7 Å². The molecule has 0 radical (unpaired) electrons. The van der Waals surface area contributed by atoms with E-state index in [1.54, 1.807) is 33.0 Å². The van der Waals surface area contributed by atoms with Gasteiger partial charge in [0.2, 0.25) is 5.91 Å². The van der Waals surface area contributed by atoms with E-state index in [1.807, 2.05) is 0 Å². The van der Waals surface area contributed by atoms with Crippen LogP contribution in [0.25, 0.3) is 10.9 Å². The molecule has 114 valence electrons. The molecule has 0 bridgehead atoms. The van der Waals surface area contributed by atoms with E-state index in [-0.39, 0.29) is 5.91 Å². The van der Waals surface area contributed by atoms with Gasteiger partial charge in [0.1, 0.15) is 11.0 Å². The van der Waals surface area contributed by atoms with Crippen molar-refractivity contribution in [2.45, 2.75) is 19.3 Å². The first-order valence-corrected chi connectivity index (χ1v) is 7.03. The van der Waals surface area contributed by atoms with E-state index in [0.29, 0.717) is 33.1 Å². The number of carbonyl (C=O) groups excluding carboxylic acids is 2. The zero-order valence-corrected chi connectivity index (χ0v) is 13.4. The molecule has 22 heavy (non-hydrogen) atoms. The zero-order chi connectivity index (χ0) is 16.2. The standard InChI is InChI=1S/C15H14ClN3O3/c1-7-17-10-6-9-11(5-8(10)12(16)18-7)19(3)13(20)15(9,2)14(21)22-4/h5-6H,1-4H3. The van der Waals surface area contributed by atoms with Crippen LogP contribution in [-0.4, -0.2) is 36.0 Å². The lowest BCUT2D eigenvalue weighted by Crippen LogP contribution is -2.43. The molecule has 2 aromatic rings. The smallest absolute Gasteiger partial charge is 0.325 e. The van der Waals surface area contributed by atoms with Gasteiger partial charge in [-0.3, -0.25) is 9.59 Å². The SMILES string of the molecule is COC(=O)C1(C)C(=O)N(C)c2cc3c(Cl)nc(C)nc3cc21. The van der Waals surface area contributed by atoms with Crippen molar-refractivity contribution >= 4 is 40.1 Å². The topological polar surface area (TPSA) is 72.4 Å². The fourth-order valence-electron chi connectivity index (χ4n) is 2.88. The van der Waals surface area contributed by atoms with Gasteiger partial charge < -0.3 is 9.64 Å². The number of ether oxygens (including phenoxy) is 1. The third-order valence-electron chi connectivity index (χ3n) is 4.10. The van der Waals surface area contributed by atoms with Crippen LogP contribution in [0, 0.1) is 6.92 Å². The largest absolute Gasteiger partial charge is 0.468 e. The maximum absolute atomic E-state index is 12.6. The highest BCUT2D eigenvalue weighted by Crippen LogP contribution is 2.44. The Morgan fingerprint density at radius 1 is 1.36 bits per heavy atom. The summed E-state index contributed by atoms with van der Waals surface area (Å²) in [6.45, 7) is 3.29. The van der Waals surface area contributed by atoms with E-state index in [0.717, 1.165) is 0 Å². The number of fused-ring (bicyclic) bond motifs is 2. The van der Waals surface area contributed by atoms with Crippen LogP contribution in [0.15, 0.2) is 12.1 Å². The first kappa shape index (κ1) is 14.7. The number of hydrogen-bond acceptors (Lipinski definition) is 5. The molecule has 6 nitrogen and oxygen atoms in total. The number of rotatable bonds is 1. The monoisotopic (exact) mass is 319 g/mol. The van der Waals surface area contributed by atoms with Crippen molar-refractivity contribution in [1.29, 1.82) is 0 Å². The number of aryl methyl sites for hydroxylation is 1. The summed E-state index contributed by atoms with van der Waals surface area (Å²) in [6, 6.07) is 3.45. The number of carbonyl (C=O) groups is 2. The Balaban J connectivity index is 2.37. The molecular weight excluding hydrogens is 306 g/mol. The van der Waals surface area contributed by atoms with Crippen molar-refractivity contribution in [3.05, 3.63) is 28.7 Å². The number of benzene rings is 1. The zero-order valence-electron chi connectivity index (χ0n) is 12.6. The molecule has 0 N–H and O–H groups in total. The molecule has 0 saturated heterocycles. The predicted octanol–water partition coefficient (Wildman–Crippen LogP) is 2.00. The maximum atomic E-state index is 12.6. The summed E-state index contributed by atoms with van der Waals surface area (Å²) in [5.74, 6) is -0.417. The number of aromatic nitrogens is 2. The molecule has 1 aromatic heterocycles. The fraction of sp³-hybridized carbons (Fsp3) is 0.333. The van der Waals surface area contributed by atoms with Crippen molar-refractivity contribution in [2.75, 3.05) is 19.1 Å². The Hall–Kier alpha value is -2.21. The van der Waals surface area contributed by atoms with E-state index < -0.39 is 11.4 Å². The van der Waals surface area contributed by atoms with Crippen molar-refractivity contribution < 1.29 is 14.3 Å². The highest BCUT2D eigenvalue weighted by molar-refractivity contribution is 6.34. The Labute approximate surface area is 132 Å². The highest BCUT2D eigenvalue weighted by Gasteiger charge is 2.53. The van der Waals surface area contributed by atoms with Crippen LogP contribution >= 0.6 is 11.6 Å². The van der Waals surface area contributed by atoms with E-state index in [9.17, 15) is 9.59 Å². The number of nitrogens with zero attached hydrogens (tertiary/aromatic N) is 3. The maximum Gasteiger partial charge on any atom is 0.325 e. The number of likely N-dealkylation sites (N-methyl/N-ethyl adjacent to an activating group) is 1. The lowest BCUT2D eigenvalue weighted by Gasteiger charge is -2.19. The number of hydrogen-bond donors (Lipinski definition) is 0. The molecule has 1 aromatic carbocycles. The molecule has 3 rings (SSSR count). The second kappa shape index (κ2) is 4.64. The van der Waals surface area contributed by atoms with Gasteiger partial charge in [-0.2, -0.15) is 0 Å². The van der Waals surface area contributed by atoms with Gasteiger partial charge in [-0.05, 0) is 26.0 Å². The Morgan fingerprint density at radius 3 is 2.68 bits per heavy atom. The van der Waals surface area contributed by atoms with E-state index >= 15 is 0 Å². The normalized spacial score (nSPS) is 20.4. The Bertz CT molecular complexity index is 836. The van der Waals surface area contributed by atoms with Crippen LogP contribution in [0.3, 0.4) is 0 Å². The fourth-order valence-corrected chi connectivity index (χ4v) is 3.15. The summed E-state index contributed by atoms with van der Waals surface area (Å²) < 4.78 is 4.83. The van der Waals surface area contributed by atoms with Crippen LogP contribution in [0.2, 0.25) is 5.15 Å². The summed E-state index contributed by atoms with van der Waals surface area (Å²) in [5, 5.41) is 0.956. The minimum atomic E-state index is -1.38. The van der Waals surface area contributed by atoms with E-state index in [1.165, 1.54) is 12.0 Å². The van der Waals surface area contributed by atoms with Gasteiger partial charge >= 0.3 is 5.97 Å². The van der Waals surface area contributed by atoms with Gasteiger partial charge in [0.25, 0.3) is 0 Å². The summed E-state index contributed by atoms with van der Waals surface area (Å²) in [7, 11) is 2.88. The van der Waals surface area contributed by atoms with Gasteiger partial charge in [-0.1, -0.05) is 11.6 Å². The molecule has 0 saturated carbocycles. The van der Waals surface area contributed by atoms with E-state index in [2.05, 4.69) is 9.97 Å². The molecule has 2 heterocycles. The van der Waals surface area contributed by atoms with E-state index in [4.69, 9.17) is 16.3 Å². The lowest BCUT2D eigenvalue weighted by molar-refractivity contribution is -0.150. The predicted molar refractivity (Wildman–Crippen MR) is 82.1 cm³/mol. The van der Waals surface area contributed by atoms with Crippen LogP contribution < -0.4 is 4.90 Å². The molecule has 1 aliphatic heterocycles. The number of halogens is 1. The quantitative estimate of drug-likeness (QED) is 0.456. The molecule has 0 spiro atoms. The Morgan fingerprint density at radius 2 is 2.05 bits per heavy atom. The van der Waals surface area contributed by atoms with Gasteiger partial charge in [0.15, 0.2) is 5.41 Å². The number of esters is 1. The van der Waals surface area contributed by atoms with Gasteiger partial charge in [0.05, 0.1) is 12.6 Å². The number of anilines is 1. The van der Waals surface area contributed by atoms with Gasteiger partial charge in [-0.25, -0.2) is 9.97 Å². The summed E-state index contributed by atoms with van der Waals surface area (Å²) >= 11 is 6.16. The third-order valence-corrected chi connectivity index (χ3v) is 4.39. The molecule has 1 unspecified atom stereocenters. The average Bonchev–Trinajstić information content (AvgIpc) is 2.67. The lowest BCUT2D eigenvalue weighted by atomic mass is 9.83. The number of methoxy groups -OCH3 is 1. The van der Waals surface area contributed by atoms with Crippen LogP contribution in [0.4, 0.5) is 5.69 Å². The van der Waals surface area contributed by atoms with Crippen molar-refractivity contribution in [3.63, 3.8) is 0 Å². The van der Waals surface area contributed by atoms with Crippen LogP contribution in [-0.2, 0) is 19.7 Å².